The van der Waals surface area contributed by atoms with E-state index in [1.807, 2.05) is 0 Å². The number of hydrogen-bond donors (Lipinski definition) is 2. The summed E-state index contributed by atoms with van der Waals surface area (Å²) in [6, 6.07) is 16.7. The number of methoxy groups -OCH3 is 1. The molecule has 0 radical (unpaired) electrons. The molecule has 162 valence electrons. The summed E-state index contributed by atoms with van der Waals surface area (Å²) < 4.78 is 16.0. The Morgan fingerprint density at radius 1 is 1.03 bits per heavy atom. The van der Waals surface area contributed by atoms with Crippen molar-refractivity contribution in [2.24, 2.45) is 5.10 Å². The molecule has 0 atom stereocenters. The van der Waals surface area contributed by atoms with Gasteiger partial charge in [0.2, 0.25) is 6.79 Å². The van der Waals surface area contributed by atoms with Crippen LogP contribution in [0.4, 0.5) is 5.69 Å². The van der Waals surface area contributed by atoms with Crippen molar-refractivity contribution < 1.29 is 23.8 Å². The fourth-order valence-corrected chi connectivity index (χ4v) is 3.28. The van der Waals surface area contributed by atoms with Gasteiger partial charge in [-0.15, -0.1) is 0 Å². The van der Waals surface area contributed by atoms with Gasteiger partial charge >= 0.3 is 0 Å². The van der Waals surface area contributed by atoms with E-state index in [2.05, 4.69) is 15.8 Å². The van der Waals surface area contributed by atoms with Crippen molar-refractivity contribution in [3.63, 3.8) is 0 Å². The first-order chi connectivity index (χ1) is 15.6. The molecule has 0 saturated heterocycles. The van der Waals surface area contributed by atoms with E-state index in [0.29, 0.717) is 33.5 Å². The summed E-state index contributed by atoms with van der Waals surface area (Å²) in [4.78, 5) is 25.5. The first-order valence-corrected chi connectivity index (χ1v) is 9.90. The second kappa shape index (κ2) is 9.40. The number of carbonyl (C=O) groups excluding carboxylic acids is 2. The zero-order valence-electron chi connectivity index (χ0n) is 16.9. The lowest BCUT2D eigenvalue weighted by atomic mass is 10.1. The van der Waals surface area contributed by atoms with E-state index >= 15 is 0 Å². The normalized spacial score (nSPS) is 11.9. The molecule has 8 nitrogen and oxygen atoms in total. The number of anilines is 1. The standard InChI is InChI=1S/C23H18ClN3O5/c1-30-19-10-9-15(24)11-17(19)22(28)26-18-7-3-2-6-16(18)23(29)27-25-12-14-5-4-8-20-21(14)32-13-31-20/h2-12H,13H2,1H3,(H,26,28)(H,27,29)/b25-12+. The summed E-state index contributed by atoms with van der Waals surface area (Å²) in [6.45, 7) is 0.136. The average molecular weight is 452 g/mol. The number of hydrogen-bond acceptors (Lipinski definition) is 6. The summed E-state index contributed by atoms with van der Waals surface area (Å²) in [5, 5.41) is 7.11. The molecule has 32 heavy (non-hydrogen) atoms. The zero-order chi connectivity index (χ0) is 22.5. The predicted octanol–water partition coefficient (Wildman–Crippen LogP) is 4.09. The lowest BCUT2D eigenvalue weighted by Gasteiger charge is -2.12. The van der Waals surface area contributed by atoms with Gasteiger partial charge in [-0.3, -0.25) is 9.59 Å². The Balaban J connectivity index is 1.50. The number of hydrazone groups is 1. The largest absolute Gasteiger partial charge is 0.496 e. The molecule has 2 N–H and O–H groups in total. The van der Waals surface area contributed by atoms with Gasteiger partial charge in [-0.05, 0) is 42.5 Å². The number of fused-ring (bicyclic) bond motifs is 1. The number of carbonyl (C=O) groups is 2. The van der Waals surface area contributed by atoms with Crippen molar-refractivity contribution in [1.29, 1.82) is 0 Å². The molecule has 0 bridgehead atoms. The van der Waals surface area contributed by atoms with Crippen LogP contribution in [0.5, 0.6) is 17.2 Å². The van der Waals surface area contributed by atoms with Gasteiger partial charge in [0.25, 0.3) is 11.8 Å². The molecule has 3 aromatic carbocycles. The number of para-hydroxylation sites is 2. The van der Waals surface area contributed by atoms with Crippen LogP contribution in [0.2, 0.25) is 5.02 Å². The van der Waals surface area contributed by atoms with Gasteiger partial charge in [-0.1, -0.05) is 29.8 Å². The second-order valence-corrected chi connectivity index (χ2v) is 7.06. The SMILES string of the molecule is COc1ccc(Cl)cc1C(=O)Nc1ccccc1C(=O)N/N=C/c1cccc2c1OCO2. The Kier molecular flexibility index (Phi) is 6.23. The van der Waals surface area contributed by atoms with E-state index in [4.69, 9.17) is 25.8 Å². The highest BCUT2D eigenvalue weighted by Crippen LogP contribution is 2.34. The van der Waals surface area contributed by atoms with Crippen LogP contribution in [0.3, 0.4) is 0 Å². The van der Waals surface area contributed by atoms with Gasteiger partial charge in [-0.25, -0.2) is 5.43 Å². The maximum Gasteiger partial charge on any atom is 0.273 e. The minimum Gasteiger partial charge on any atom is -0.496 e. The lowest BCUT2D eigenvalue weighted by Crippen LogP contribution is -2.21. The number of nitrogens with one attached hydrogen (secondary N) is 2. The molecule has 4 rings (SSSR count). The Hall–Kier alpha value is -4.04. The van der Waals surface area contributed by atoms with Gasteiger partial charge in [0.15, 0.2) is 11.5 Å². The number of amides is 2. The molecule has 0 aliphatic carbocycles. The summed E-state index contributed by atoms with van der Waals surface area (Å²) in [6.07, 6.45) is 1.46. The molecule has 0 saturated carbocycles. The van der Waals surface area contributed by atoms with Gasteiger partial charge in [0.05, 0.1) is 30.1 Å². The molecular weight excluding hydrogens is 434 g/mol. The fourth-order valence-electron chi connectivity index (χ4n) is 3.11. The van der Waals surface area contributed by atoms with E-state index in [9.17, 15) is 9.59 Å². The third-order valence-corrected chi connectivity index (χ3v) is 4.86. The molecule has 0 unspecified atom stereocenters. The first kappa shape index (κ1) is 21.2. The number of ether oxygens (including phenoxy) is 3. The van der Waals surface area contributed by atoms with Crippen molar-refractivity contribution in [1.82, 2.24) is 5.43 Å². The number of benzene rings is 3. The summed E-state index contributed by atoms with van der Waals surface area (Å²) in [7, 11) is 1.46. The minimum atomic E-state index is -0.500. The van der Waals surface area contributed by atoms with E-state index < -0.39 is 11.8 Å². The maximum absolute atomic E-state index is 12.8. The third-order valence-electron chi connectivity index (χ3n) is 4.62. The molecule has 0 fully saturated rings. The van der Waals surface area contributed by atoms with E-state index in [1.54, 1.807) is 54.6 Å². The molecular formula is C23H18ClN3O5. The summed E-state index contributed by atoms with van der Waals surface area (Å²) in [5.41, 5.74) is 3.91. The monoisotopic (exact) mass is 451 g/mol. The van der Waals surface area contributed by atoms with E-state index in [0.717, 1.165) is 0 Å². The number of rotatable bonds is 6. The summed E-state index contributed by atoms with van der Waals surface area (Å²) in [5.74, 6) is 0.573. The topological polar surface area (TPSA) is 98.2 Å². The molecule has 3 aromatic rings. The highest BCUT2D eigenvalue weighted by Gasteiger charge is 2.18. The smallest absolute Gasteiger partial charge is 0.273 e. The molecule has 9 heteroatoms. The van der Waals surface area contributed by atoms with Crippen LogP contribution in [0, 0.1) is 0 Å². The molecule has 0 aromatic heterocycles. The van der Waals surface area contributed by atoms with Crippen LogP contribution >= 0.6 is 11.6 Å². The van der Waals surface area contributed by atoms with Crippen LogP contribution in [-0.2, 0) is 0 Å². The average Bonchev–Trinajstić information content (AvgIpc) is 3.29. The third kappa shape index (κ3) is 4.50. The molecule has 1 aliphatic heterocycles. The highest BCUT2D eigenvalue weighted by molar-refractivity contribution is 6.31. The van der Waals surface area contributed by atoms with Crippen molar-refractivity contribution in [3.8, 4) is 17.2 Å². The van der Waals surface area contributed by atoms with Crippen molar-refractivity contribution in [2.75, 3.05) is 19.2 Å². The second-order valence-electron chi connectivity index (χ2n) is 6.62. The lowest BCUT2D eigenvalue weighted by molar-refractivity contribution is 0.0956. The van der Waals surface area contributed by atoms with Gasteiger partial charge in [0, 0.05) is 10.6 Å². The van der Waals surface area contributed by atoms with Crippen LogP contribution in [0.1, 0.15) is 26.3 Å². The van der Waals surface area contributed by atoms with Gasteiger partial charge in [0.1, 0.15) is 5.75 Å². The quantitative estimate of drug-likeness (QED) is 0.434. The van der Waals surface area contributed by atoms with Crippen LogP contribution in [0.15, 0.2) is 65.8 Å². The van der Waals surface area contributed by atoms with Crippen LogP contribution in [-0.4, -0.2) is 31.9 Å². The predicted molar refractivity (Wildman–Crippen MR) is 120 cm³/mol. The Morgan fingerprint density at radius 3 is 2.72 bits per heavy atom. The Morgan fingerprint density at radius 2 is 1.88 bits per heavy atom. The fraction of sp³-hybridized carbons (Fsp3) is 0.0870. The Bertz CT molecular complexity index is 1210. The van der Waals surface area contributed by atoms with Crippen LogP contribution < -0.4 is 25.0 Å². The van der Waals surface area contributed by atoms with Gasteiger partial charge < -0.3 is 19.5 Å². The summed E-state index contributed by atoms with van der Waals surface area (Å²) >= 11 is 6.01. The minimum absolute atomic E-state index is 0.136. The number of halogens is 1. The Labute approximate surface area is 188 Å². The first-order valence-electron chi connectivity index (χ1n) is 9.53. The maximum atomic E-state index is 12.8. The molecule has 2 amide bonds. The van der Waals surface area contributed by atoms with Crippen molar-refractivity contribution in [2.45, 2.75) is 0 Å². The van der Waals surface area contributed by atoms with Crippen LogP contribution in [0.25, 0.3) is 0 Å². The van der Waals surface area contributed by atoms with E-state index in [1.165, 1.54) is 19.4 Å². The van der Waals surface area contributed by atoms with Crippen molar-refractivity contribution >= 4 is 35.3 Å². The molecule has 0 spiro atoms. The van der Waals surface area contributed by atoms with Gasteiger partial charge in [-0.2, -0.15) is 5.10 Å². The highest BCUT2D eigenvalue weighted by atomic mass is 35.5. The molecule has 1 heterocycles. The zero-order valence-corrected chi connectivity index (χ0v) is 17.7. The molecule has 1 aliphatic rings. The van der Waals surface area contributed by atoms with Crippen molar-refractivity contribution in [3.05, 3.63) is 82.4 Å². The van der Waals surface area contributed by atoms with E-state index in [-0.39, 0.29) is 17.9 Å². The number of nitrogens with zero attached hydrogens (tertiary/aromatic N) is 1.